The van der Waals surface area contributed by atoms with Crippen molar-refractivity contribution in [3.05, 3.63) is 73.9 Å². The van der Waals surface area contributed by atoms with Crippen molar-refractivity contribution in [2.45, 2.75) is 13.5 Å². The number of hydrogen-bond acceptors (Lipinski definition) is 4. The Morgan fingerprint density at radius 1 is 1.07 bits per heavy atom. The van der Waals surface area contributed by atoms with Crippen LogP contribution in [0.2, 0.25) is 10.0 Å². The summed E-state index contributed by atoms with van der Waals surface area (Å²) in [7, 11) is 1.54. The Labute approximate surface area is 171 Å². The molecule has 0 aliphatic heterocycles. The maximum atomic E-state index is 12.4. The van der Waals surface area contributed by atoms with E-state index in [0.29, 0.717) is 38.7 Å². The van der Waals surface area contributed by atoms with E-state index in [9.17, 15) is 4.79 Å². The number of nitrogens with one attached hydrogen (secondary N) is 1. The first-order chi connectivity index (χ1) is 13.0. The third kappa shape index (κ3) is 4.95. The SMILES string of the molecule is COc1ccc(NC(=O)c2cc(COc3cc(C)ccc3Cl)cs2)cc1Cl. The fourth-order valence-electron chi connectivity index (χ4n) is 2.39. The number of carbonyl (C=O) groups is 1. The predicted octanol–water partition coefficient (Wildman–Crippen LogP) is 6.20. The normalized spacial score (nSPS) is 10.5. The van der Waals surface area contributed by atoms with E-state index < -0.39 is 0 Å². The average Bonchev–Trinajstić information content (AvgIpc) is 3.12. The zero-order valence-corrected chi connectivity index (χ0v) is 17.0. The van der Waals surface area contributed by atoms with Gasteiger partial charge in [-0.3, -0.25) is 4.79 Å². The molecule has 0 saturated heterocycles. The molecule has 0 bridgehead atoms. The molecular weight excluding hydrogens is 405 g/mol. The lowest BCUT2D eigenvalue weighted by Gasteiger charge is -2.08. The van der Waals surface area contributed by atoms with Gasteiger partial charge >= 0.3 is 0 Å². The van der Waals surface area contributed by atoms with Crippen molar-refractivity contribution < 1.29 is 14.3 Å². The van der Waals surface area contributed by atoms with Gasteiger partial charge in [-0.05, 0) is 54.3 Å². The number of hydrogen-bond donors (Lipinski definition) is 1. The number of methoxy groups -OCH3 is 1. The highest BCUT2D eigenvalue weighted by Gasteiger charge is 2.12. The van der Waals surface area contributed by atoms with E-state index in [2.05, 4.69) is 5.32 Å². The Hall–Kier alpha value is -2.21. The second kappa shape index (κ2) is 8.65. The van der Waals surface area contributed by atoms with E-state index >= 15 is 0 Å². The van der Waals surface area contributed by atoms with Crippen molar-refractivity contribution in [1.29, 1.82) is 0 Å². The highest BCUT2D eigenvalue weighted by Crippen LogP contribution is 2.29. The summed E-state index contributed by atoms with van der Waals surface area (Å²) >= 11 is 13.6. The summed E-state index contributed by atoms with van der Waals surface area (Å²) in [6.07, 6.45) is 0. The first-order valence-corrected chi connectivity index (χ1v) is 9.71. The van der Waals surface area contributed by atoms with Crippen LogP contribution in [0.15, 0.2) is 47.8 Å². The molecule has 0 fully saturated rings. The Bertz CT molecular complexity index is 972. The fraction of sp³-hybridized carbons (Fsp3) is 0.150. The van der Waals surface area contributed by atoms with Crippen LogP contribution in [0.25, 0.3) is 0 Å². The Morgan fingerprint density at radius 2 is 1.89 bits per heavy atom. The second-order valence-corrected chi connectivity index (χ2v) is 7.57. The van der Waals surface area contributed by atoms with E-state index in [-0.39, 0.29) is 5.91 Å². The first-order valence-electron chi connectivity index (χ1n) is 8.07. The van der Waals surface area contributed by atoms with Gasteiger partial charge in [0.15, 0.2) is 0 Å². The molecule has 1 amide bonds. The molecule has 140 valence electrons. The van der Waals surface area contributed by atoms with Gasteiger partial charge in [-0.1, -0.05) is 29.3 Å². The van der Waals surface area contributed by atoms with Crippen molar-refractivity contribution in [1.82, 2.24) is 0 Å². The minimum absolute atomic E-state index is 0.207. The number of aryl methyl sites for hydroxylation is 1. The zero-order valence-electron chi connectivity index (χ0n) is 14.7. The van der Waals surface area contributed by atoms with Gasteiger partial charge in [-0.15, -0.1) is 11.3 Å². The lowest BCUT2D eigenvalue weighted by molar-refractivity contribution is 0.103. The maximum Gasteiger partial charge on any atom is 0.265 e. The minimum Gasteiger partial charge on any atom is -0.495 e. The van der Waals surface area contributed by atoms with Gasteiger partial charge in [0.1, 0.15) is 18.1 Å². The minimum atomic E-state index is -0.207. The summed E-state index contributed by atoms with van der Waals surface area (Å²) in [4.78, 5) is 13.0. The van der Waals surface area contributed by atoms with Crippen LogP contribution < -0.4 is 14.8 Å². The molecular formula is C20H17Cl2NO3S. The number of amides is 1. The van der Waals surface area contributed by atoms with Gasteiger partial charge in [0.05, 0.1) is 22.0 Å². The molecule has 0 aliphatic rings. The third-order valence-corrected chi connectivity index (χ3v) is 5.35. The average molecular weight is 422 g/mol. The van der Waals surface area contributed by atoms with Crippen molar-refractivity contribution >= 4 is 46.1 Å². The standard InChI is InChI=1S/C20H17Cl2NO3S/c1-12-3-5-15(21)18(7-12)26-10-13-8-19(27-11-13)20(24)23-14-4-6-17(25-2)16(22)9-14/h3-9,11H,10H2,1-2H3,(H,23,24). The molecule has 4 nitrogen and oxygen atoms in total. The number of carbonyl (C=O) groups excluding carboxylic acids is 1. The maximum absolute atomic E-state index is 12.4. The molecule has 1 aromatic heterocycles. The zero-order chi connectivity index (χ0) is 19.4. The van der Waals surface area contributed by atoms with Crippen LogP contribution in [0.1, 0.15) is 20.8 Å². The molecule has 0 saturated carbocycles. The highest BCUT2D eigenvalue weighted by atomic mass is 35.5. The number of rotatable bonds is 6. The summed E-state index contributed by atoms with van der Waals surface area (Å²) in [6.45, 7) is 2.31. The molecule has 3 aromatic rings. The summed E-state index contributed by atoms with van der Waals surface area (Å²) in [5.41, 5.74) is 2.57. The number of ether oxygens (including phenoxy) is 2. The molecule has 0 radical (unpaired) electrons. The lowest BCUT2D eigenvalue weighted by Crippen LogP contribution is -2.10. The Balaban J connectivity index is 1.63. The Morgan fingerprint density at radius 3 is 2.63 bits per heavy atom. The fourth-order valence-corrected chi connectivity index (χ4v) is 3.61. The second-order valence-electron chi connectivity index (χ2n) is 5.85. The molecule has 0 atom stereocenters. The molecule has 2 aromatic carbocycles. The van der Waals surface area contributed by atoms with Crippen LogP contribution in [0, 0.1) is 6.92 Å². The van der Waals surface area contributed by atoms with E-state index in [1.54, 1.807) is 37.4 Å². The first kappa shape index (κ1) is 19.5. The third-order valence-electron chi connectivity index (χ3n) is 3.77. The number of benzene rings is 2. The largest absolute Gasteiger partial charge is 0.495 e. The quantitative estimate of drug-likeness (QED) is 0.514. The topological polar surface area (TPSA) is 47.6 Å². The van der Waals surface area contributed by atoms with Crippen molar-refractivity contribution in [3.8, 4) is 11.5 Å². The lowest BCUT2D eigenvalue weighted by atomic mass is 10.2. The van der Waals surface area contributed by atoms with Gasteiger partial charge in [-0.2, -0.15) is 0 Å². The molecule has 27 heavy (non-hydrogen) atoms. The van der Waals surface area contributed by atoms with Crippen LogP contribution in [0.3, 0.4) is 0 Å². The van der Waals surface area contributed by atoms with Crippen LogP contribution >= 0.6 is 34.5 Å². The molecule has 1 N–H and O–H groups in total. The highest BCUT2D eigenvalue weighted by molar-refractivity contribution is 7.12. The van der Waals surface area contributed by atoms with Crippen LogP contribution in [-0.4, -0.2) is 13.0 Å². The van der Waals surface area contributed by atoms with Gasteiger partial charge in [0.2, 0.25) is 0 Å². The Kier molecular flexibility index (Phi) is 6.26. The van der Waals surface area contributed by atoms with Crippen LogP contribution in [0.4, 0.5) is 5.69 Å². The van der Waals surface area contributed by atoms with Crippen molar-refractivity contribution in [3.63, 3.8) is 0 Å². The van der Waals surface area contributed by atoms with Crippen LogP contribution in [0.5, 0.6) is 11.5 Å². The van der Waals surface area contributed by atoms with E-state index in [0.717, 1.165) is 11.1 Å². The number of thiophene rings is 1. The van der Waals surface area contributed by atoms with Gasteiger partial charge in [0, 0.05) is 11.3 Å². The van der Waals surface area contributed by atoms with Crippen molar-refractivity contribution in [2.24, 2.45) is 0 Å². The summed E-state index contributed by atoms with van der Waals surface area (Å²) in [5.74, 6) is 0.975. The molecule has 3 rings (SSSR count). The summed E-state index contributed by atoms with van der Waals surface area (Å²) < 4.78 is 10.9. The summed E-state index contributed by atoms with van der Waals surface area (Å²) in [6, 6.07) is 12.5. The summed E-state index contributed by atoms with van der Waals surface area (Å²) in [5, 5.41) is 5.71. The molecule has 0 spiro atoms. The monoisotopic (exact) mass is 421 g/mol. The van der Waals surface area contributed by atoms with E-state index in [1.807, 2.05) is 24.4 Å². The molecule has 0 unspecified atom stereocenters. The molecule has 1 heterocycles. The van der Waals surface area contributed by atoms with Crippen LogP contribution in [-0.2, 0) is 6.61 Å². The number of anilines is 1. The predicted molar refractivity (Wildman–Crippen MR) is 111 cm³/mol. The number of halogens is 2. The molecule has 0 aliphatic carbocycles. The van der Waals surface area contributed by atoms with Gasteiger partial charge in [-0.25, -0.2) is 0 Å². The molecule has 7 heteroatoms. The van der Waals surface area contributed by atoms with Crippen molar-refractivity contribution in [2.75, 3.05) is 12.4 Å². The van der Waals surface area contributed by atoms with Gasteiger partial charge < -0.3 is 14.8 Å². The van der Waals surface area contributed by atoms with Gasteiger partial charge in [0.25, 0.3) is 5.91 Å². The smallest absolute Gasteiger partial charge is 0.265 e. The van der Waals surface area contributed by atoms with E-state index in [1.165, 1.54) is 11.3 Å². The van der Waals surface area contributed by atoms with E-state index in [4.69, 9.17) is 32.7 Å².